The fraction of sp³-hybridized carbons (Fsp3) is 0.292. The second kappa shape index (κ2) is 10.1. The van der Waals surface area contributed by atoms with Crippen LogP contribution in [-0.2, 0) is 19.1 Å². The number of hydrogen-bond acceptors (Lipinski definition) is 7. The maximum absolute atomic E-state index is 12.8. The minimum Gasteiger partial charge on any atom is -0.465 e. The monoisotopic (exact) mass is 452 g/mol. The van der Waals surface area contributed by atoms with Gasteiger partial charge in [0, 0.05) is 5.69 Å². The Labute approximate surface area is 190 Å². The number of carbonyl (C=O) groups excluding carboxylic acids is 5. The van der Waals surface area contributed by atoms with Crippen molar-refractivity contribution in [2.45, 2.75) is 26.3 Å². The fourth-order valence-corrected chi connectivity index (χ4v) is 3.48. The van der Waals surface area contributed by atoms with Crippen LogP contribution in [0.1, 0.15) is 51.3 Å². The van der Waals surface area contributed by atoms with Gasteiger partial charge in [0.25, 0.3) is 17.7 Å². The van der Waals surface area contributed by atoms with Crippen molar-refractivity contribution in [2.75, 3.05) is 19.0 Å². The lowest BCUT2D eigenvalue weighted by atomic mass is 10.0. The Bertz CT molecular complexity index is 1060. The summed E-state index contributed by atoms with van der Waals surface area (Å²) in [7, 11) is 1.26. The third-order valence-corrected chi connectivity index (χ3v) is 5.04. The van der Waals surface area contributed by atoms with Gasteiger partial charge in [-0.15, -0.1) is 0 Å². The third-order valence-electron chi connectivity index (χ3n) is 5.04. The maximum Gasteiger partial charge on any atom is 0.337 e. The van der Waals surface area contributed by atoms with E-state index in [9.17, 15) is 24.0 Å². The maximum atomic E-state index is 12.8. The number of rotatable bonds is 8. The molecule has 0 saturated heterocycles. The Kier molecular flexibility index (Phi) is 7.22. The molecule has 0 spiro atoms. The van der Waals surface area contributed by atoms with Crippen molar-refractivity contribution in [3.05, 3.63) is 65.2 Å². The molecule has 1 aliphatic rings. The molecule has 1 atom stereocenters. The highest BCUT2D eigenvalue weighted by atomic mass is 16.5. The molecule has 9 nitrogen and oxygen atoms in total. The van der Waals surface area contributed by atoms with E-state index in [-0.39, 0.29) is 23.5 Å². The van der Waals surface area contributed by atoms with Crippen LogP contribution in [0.4, 0.5) is 5.69 Å². The SMILES string of the molecule is COC(=O)c1ccc(NC(=O)COC(=O)[C@@H](CC(C)C)N2C(=O)c3ccccc3C2=O)cc1. The third kappa shape index (κ3) is 5.25. The molecule has 1 aliphatic heterocycles. The van der Waals surface area contributed by atoms with Gasteiger partial charge in [0.1, 0.15) is 6.04 Å². The summed E-state index contributed by atoms with van der Waals surface area (Å²) in [6.07, 6.45) is 0.195. The molecule has 2 aromatic rings. The number of amides is 3. The summed E-state index contributed by atoms with van der Waals surface area (Å²) in [5, 5.41) is 2.55. The first-order valence-electron chi connectivity index (χ1n) is 10.3. The normalized spacial score (nSPS) is 13.5. The lowest BCUT2D eigenvalue weighted by Gasteiger charge is -2.25. The molecular formula is C24H24N2O7. The van der Waals surface area contributed by atoms with Crippen LogP contribution in [0, 0.1) is 5.92 Å². The van der Waals surface area contributed by atoms with Gasteiger partial charge in [0.15, 0.2) is 6.61 Å². The molecule has 2 aromatic carbocycles. The van der Waals surface area contributed by atoms with Gasteiger partial charge in [-0.05, 0) is 48.7 Å². The van der Waals surface area contributed by atoms with Crippen molar-refractivity contribution in [3.8, 4) is 0 Å². The van der Waals surface area contributed by atoms with Gasteiger partial charge >= 0.3 is 11.9 Å². The van der Waals surface area contributed by atoms with Crippen LogP contribution in [-0.4, -0.2) is 54.3 Å². The van der Waals surface area contributed by atoms with Crippen LogP contribution in [0.15, 0.2) is 48.5 Å². The average Bonchev–Trinajstić information content (AvgIpc) is 3.06. The predicted molar refractivity (Wildman–Crippen MR) is 118 cm³/mol. The van der Waals surface area contributed by atoms with Crippen LogP contribution in [0.5, 0.6) is 0 Å². The van der Waals surface area contributed by atoms with E-state index in [1.54, 1.807) is 12.1 Å². The lowest BCUT2D eigenvalue weighted by molar-refractivity contribution is -0.151. The Hall–Kier alpha value is -4.01. The number of nitrogens with one attached hydrogen (secondary N) is 1. The first-order valence-corrected chi connectivity index (χ1v) is 10.3. The van der Waals surface area contributed by atoms with Crippen molar-refractivity contribution < 1.29 is 33.4 Å². The zero-order valence-electron chi connectivity index (χ0n) is 18.5. The van der Waals surface area contributed by atoms with Crippen LogP contribution in [0.25, 0.3) is 0 Å². The van der Waals surface area contributed by atoms with E-state index in [4.69, 9.17) is 4.74 Å². The highest BCUT2D eigenvalue weighted by Crippen LogP contribution is 2.27. The molecule has 0 saturated carbocycles. The Balaban J connectivity index is 1.65. The van der Waals surface area contributed by atoms with Gasteiger partial charge in [-0.3, -0.25) is 19.3 Å². The number of ether oxygens (including phenoxy) is 2. The molecule has 0 aromatic heterocycles. The quantitative estimate of drug-likeness (QED) is 0.483. The van der Waals surface area contributed by atoms with E-state index in [1.165, 1.54) is 43.5 Å². The minimum absolute atomic E-state index is 0.0194. The Morgan fingerprint density at radius 1 is 0.939 bits per heavy atom. The molecule has 3 rings (SSSR count). The smallest absolute Gasteiger partial charge is 0.337 e. The van der Waals surface area contributed by atoms with Gasteiger partial charge < -0.3 is 14.8 Å². The number of fused-ring (bicyclic) bond motifs is 1. The second-order valence-electron chi connectivity index (χ2n) is 7.90. The zero-order valence-corrected chi connectivity index (χ0v) is 18.5. The number of carbonyl (C=O) groups is 5. The van der Waals surface area contributed by atoms with E-state index < -0.39 is 42.3 Å². The molecule has 1 heterocycles. The van der Waals surface area contributed by atoms with E-state index in [0.717, 1.165) is 4.90 Å². The molecule has 9 heteroatoms. The summed E-state index contributed by atoms with van der Waals surface area (Å²) in [5.41, 5.74) is 1.18. The molecule has 172 valence electrons. The van der Waals surface area contributed by atoms with Crippen molar-refractivity contribution in [3.63, 3.8) is 0 Å². The van der Waals surface area contributed by atoms with E-state index in [2.05, 4.69) is 10.1 Å². The van der Waals surface area contributed by atoms with E-state index >= 15 is 0 Å². The highest BCUT2D eigenvalue weighted by molar-refractivity contribution is 6.22. The van der Waals surface area contributed by atoms with Crippen molar-refractivity contribution in [1.29, 1.82) is 0 Å². The minimum atomic E-state index is -1.15. The second-order valence-corrected chi connectivity index (χ2v) is 7.90. The highest BCUT2D eigenvalue weighted by Gasteiger charge is 2.43. The molecule has 0 radical (unpaired) electrons. The first-order chi connectivity index (χ1) is 15.7. The number of benzene rings is 2. The molecule has 3 amide bonds. The molecule has 0 fully saturated rings. The zero-order chi connectivity index (χ0) is 24.1. The van der Waals surface area contributed by atoms with E-state index in [0.29, 0.717) is 11.3 Å². The number of imide groups is 1. The molecule has 1 N–H and O–H groups in total. The van der Waals surface area contributed by atoms with Gasteiger partial charge in [-0.1, -0.05) is 26.0 Å². The Morgan fingerprint density at radius 3 is 2.03 bits per heavy atom. The molecule has 0 aliphatic carbocycles. The van der Waals surface area contributed by atoms with Crippen LogP contribution in [0.2, 0.25) is 0 Å². The summed E-state index contributed by atoms with van der Waals surface area (Å²) in [5.74, 6) is -3.10. The number of nitrogens with zero attached hydrogens (tertiary/aromatic N) is 1. The average molecular weight is 452 g/mol. The van der Waals surface area contributed by atoms with Gasteiger partial charge in [0.2, 0.25) is 0 Å². The van der Waals surface area contributed by atoms with Crippen molar-refractivity contribution in [1.82, 2.24) is 4.90 Å². The Morgan fingerprint density at radius 2 is 1.52 bits per heavy atom. The number of hydrogen-bond donors (Lipinski definition) is 1. The van der Waals surface area contributed by atoms with Crippen molar-refractivity contribution in [2.24, 2.45) is 5.92 Å². The lowest BCUT2D eigenvalue weighted by Crippen LogP contribution is -2.46. The molecular weight excluding hydrogens is 428 g/mol. The first kappa shape index (κ1) is 23.6. The summed E-state index contributed by atoms with van der Waals surface area (Å²) in [6.45, 7) is 3.10. The number of methoxy groups -OCH3 is 1. The van der Waals surface area contributed by atoms with Gasteiger partial charge in [-0.25, -0.2) is 9.59 Å². The summed E-state index contributed by atoms with van der Waals surface area (Å²) in [4.78, 5) is 63.0. The van der Waals surface area contributed by atoms with Crippen LogP contribution < -0.4 is 5.32 Å². The summed E-state index contributed by atoms with van der Waals surface area (Å²) in [6, 6.07) is 11.2. The van der Waals surface area contributed by atoms with Gasteiger partial charge in [0.05, 0.1) is 23.8 Å². The van der Waals surface area contributed by atoms with Crippen LogP contribution in [0.3, 0.4) is 0 Å². The summed E-state index contributed by atoms with van der Waals surface area (Å²) < 4.78 is 9.77. The summed E-state index contributed by atoms with van der Waals surface area (Å²) >= 11 is 0. The topological polar surface area (TPSA) is 119 Å². The predicted octanol–water partition coefficient (Wildman–Crippen LogP) is 2.67. The molecule has 0 unspecified atom stereocenters. The number of anilines is 1. The largest absolute Gasteiger partial charge is 0.465 e. The number of esters is 2. The van der Waals surface area contributed by atoms with Crippen molar-refractivity contribution >= 4 is 35.3 Å². The standard InChI is InChI=1S/C24H24N2O7/c1-14(2)12-19(26-21(28)17-6-4-5-7-18(17)22(26)29)24(31)33-13-20(27)25-16-10-8-15(9-11-16)23(30)32-3/h4-11,14,19H,12-13H2,1-3H3,(H,25,27)/t19-/m1/s1. The molecule has 33 heavy (non-hydrogen) atoms. The molecule has 0 bridgehead atoms. The fourth-order valence-electron chi connectivity index (χ4n) is 3.48. The van der Waals surface area contributed by atoms with Crippen LogP contribution >= 0.6 is 0 Å². The van der Waals surface area contributed by atoms with E-state index in [1.807, 2.05) is 13.8 Å². The van der Waals surface area contributed by atoms with Gasteiger partial charge in [-0.2, -0.15) is 0 Å².